The summed E-state index contributed by atoms with van der Waals surface area (Å²) < 4.78 is 38.8. The number of nitrogens with zero attached hydrogens (tertiary/aromatic N) is 3. The van der Waals surface area contributed by atoms with Gasteiger partial charge in [-0.1, -0.05) is 60.7 Å². The van der Waals surface area contributed by atoms with Crippen LogP contribution in [-0.4, -0.2) is 21.2 Å². The van der Waals surface area contributed by atoms with Crippen LogP contribution in [0.15, 0.2) is 91.0 Å². The van der Waals surface area contributed by atoms with E-state index >= 15 is 0 Å². The number of nitrogens with two attached hydrogens (primary N) is 1. The number of aromatic nitrogens is 3. The van der Waals surface area contributed by atoms with E-state index in [0.717, 1.165) is 28.1 Å². The molecule has 2 amide bonds. The molecule has 0 spiro atoms. The third-order valence-corrected chi connectivity index (χ3v) is 7.19. The zero-order valence-corrected chi connectivity index (χ0v) is 21.8. The van der Waals surface area contributed by atoms with Gasteiger partial charge in [-0.25, -0.2) is 9.78 Å². The number of alkyl halides is 3. The number of amides is 2. The summed E-state index contributed by atoms with van der Waals surface area (Å²) in [4.78, 5) is 18.2. The van der Waals surface area contributed by atoms with Crippen LogP contribution in [-0.2, 0) is 19.1 Å². The average Bonchev–Trinajstić information content (AvgIpc) is 3.37. The lowest BCUT2D eigenvalue weighted by molar-refractivity contribution is -0.137. The molecule has 0 atom stereocenters. The van der Waals surface area contributed by atoms with Crippen molar-refractivity contribution in [1.29, 1.82) is 0 Å². The summed E-state index contributed by atoms with van der Waals surface area (Å²) in [5.74, 6) is 0.292. The molecular weight excluding hydrogens is 537 g/mol. The van der Waals surface area contributed by atoms with Gasteiger partial charge >= 0.3 is 12.2 Å². The van der Waals surface area contributed by atoms with Crippen LogP contribution in [0.4, 0.5) is 29.5 Å². The quantitative estimate of drug-likeness (QED) is 0.199. The minimum atomic E-state index is -4.41. The molecule has 11 heteroatoms. The second-order valence-electron chi connectivity index (χ2n) is 8.75. The molecule has 4 N–H and O–H groups in total. The number of carbonyl (C=O) groups excluding carboxylic acids is 1. The Hall–Kier alpha value is -4.61. The molecule has 202 valence electrons. The van der Waals surface area contributed by atoms with Gasteiger partial charge in [-0.15, -0.1) is 21.5 Å². The molecule has 2 aromatic heterocycles. The number of hydrogen-bond donors (Lipinski definition) is 3. The maximum atomic E-state index is 12.9. The molecule has 0 aliphatic heterocycles. The van der Waals surface area contributed by atoms with Crippen molar-refractivity contribution >= 4 is 28.9 Å². The first-order chi connectivity index (χ1) is 19.3. The lowest BCUT2D eigenvalue weighted by Gasteiger charge is -2.12. The Bertz CT molecular complexity index is 1600. The summed E-state index contributed by atoms with van der Waals surface area (Å²) in [6.45, 7) is 0.224. The minimum Gasteiger partial charge on any atom is -0.326 e. The highest BCUT2D eigenvalue weighted by molar-refractivity contribution is 7.15. The Morgan fingerprint density at radius 1 is 0.825 bits per heavy atom. The predicted octanol–water partition coefficient (Wildman–Crippen LogP) is 6.98. The SMILES string of the molecule is NCc1sc(-c2ccc(C(F)(F)F)cc2)nc1Cc1ccccc1NC(=O)Nc1ccc(-c2ccccc2)nn1. The smallest absolute Gasteiger partial charge is 0.326 e. The number of halogens is 3. The monoisotopic (exact) mass is 560 g/mol. The van der Waals surface area contributed by atoms with Gasteiger partial charge in [0.25, 0.3) is 0 Å². The van der Waals surface area contributed by atoms with Gasteiger partial charge < -0.3 is 11.1 Å². The zero-order valence-electron chi connectivity index (χ0n) is 20.9. The van der Waals surface area contributed by atoms with Gasteiger partial charge in [0.1, 0.15) is 5.01 Å². The van der Waals surface area contributed by atoms with Crippen LogP contribution in [0.25, 0.3) is 21.8 Å². The largest absolute Gasteiger partial charge is 0.416 e. The molecule has 0 radical (unpaired) electrons. The molecule has 0 unspecified atom stereocenters. The number of benzene rings is 3. The molecule has 5 aromatic rings. The molecule has 7 nitrogen and oxygen atoms in total. The third kappa shape index (κ3) is 6.33. The van der Waals surface area contributed by atoms with Crippen molar-refractivity contribution in [2.75, 3.05) is 10.6 Å². The maximum Gasteiger partial charge on any atom is 0.416 e. The van der Waals surface area contributed by atoms with Gasteiger partial charge in [0, 0.05) is 34.7 Å². The van der Waals surface area contributed by atoms with Gasteiger partial charge in [-0.05, 0) is 35.9 Å². The number of thiazole rings is 1. The van der Waals surface area contributed by atoms with E-state index in [4.69, 9.17) is 5.73 Å². The summed E-state index contributed by atoms with van der Waals surface area (Å²) in [6, 6.07) is 24.7. The molecule has 0 saturated heterocycles. The van der Waals surface area contributed by atoms with Crippen molar-refractivity contribution < 1.29 is 18.0 Å². The molecule has 0 saturated carbocycles. The van der Waals surface area contributed by atoms with Gasteiger partial charge in [-0.2, -0.15) is 13.2 Å². The first-order valence-corrected chi connectivity index (χ1v) is 13.0. The highest BCUT2D eigenvalue weighted by Gasteiger charge is 2.30. The van der Waals surface area contributed by atoms with Gasteiger partial charge in [0.2, 0.25) is 0 Å². The Morgan fingerprint density at radius 3 is 2.23 bits per heavy atom. The summed E-state index contributed by atoms with van der Waals surface area (Å²) in [7, 11) is 0. The Labute approximate surface area is 231 Å². The fourth-order valence-corrected chi connectivity index (χ4v) is 4.98. The van der Waals surface area contributed by atoms with Crippen molar-refractivity contribution in [2.45, 2.75) is 19.1 Å². The lowest BCUT2D eigenvalue weighted by atomic mass is 10.1. The van der Waals surface area contributed by atoms with Crippen LogP contribution < -0.4 is 16.4 Å². The van der Waals surface area contributed by atoms with Crippen LogP contribution in [0.1, 0.15) is 21.7 Å². The number of hydrogen-bond acceptors (Lipinski definition) is 6. The van der Waals surface area contributed by atoms with E-state index in [0.29, 0.717) is 39.9 Å². The van der Waals surface area contributed by atoms with E-state index in [-0.39, 0.29) is 6.54 Å². The second kappa shape index (κ2) is 11.6. The molecule has 0 fully saturated rings. The highest BCUT2D eigenvalue weighted by Crippen LogP contribution is 2.34. The van der Waals surface area contributed by atoms with Crippen LogP contribution in [0.3, 0.4) is 0 Å². The molecule has 40 heavy (non-hydrogen) atoms. The van der Waals surface area contributed by atoms with Crippen molar-refractivity contribution in [3.8, 4) is 21.8 Å². The number of urea groups is 1. The molecule has 3 aromatic carbocycles. The van der Waals surface area contributed by atoms with Crippen molar-refractivity contribution in [3.63, 3.8) is 0 Å². The Kier molecular flexibility index (Phi) is 7.85. The third-order valence-electron chi connectivity index (χ3n) is 6.02. The van der Waals surface area contributed by atoms with E-state index in [2.05, 4.69) is 25.8 Å². The fourth-order valence-electron chi connectivity index (χ4n) is 4.01. The Morgan fingerprint density at radius 2 is 1.55 bits per heavy atom. The number of nitrogens with one attached hydrogen (secondary N) is 2. The first kappa shape index (κ1) is 27.0. The zero-order chi connectivity index (χ0) is 28.1. The van der Waals surface area contributed by atoms with Crippen LogP contribution >= 0.6 is 11.3 Å². The lowest BCUT2D eigenvalue weighted by Crippen LogP contribution is -2.21. The average molecular weight is 561 g/mol. The number of rotatable bonds is 7. The number of carbonyl (C=O) groups is 1. The van der Waals surface area contributed by atoms with E-state index in [1.54, 1.807) is 24.3 Å². The van der Waals surface area contributed by atoms with Gasteiger partial charge in [0.05, 0.1) is 17.0 Å². The highest BCUT2D eigenvalue weighted by atomic mass is 32.1. The fraction of sp³-hybridized carbons (Fsp3) is 0.103. The van der Waals surface area contributed by atoms with Crippen LogP contribution in [0, 0.1) is 0 Å². The standard InChI is InChI=1S/C29H23F3N6OS/c30-29(31,32)21-12-10-19(11-13-21)27-34-24(25(17-33)40-27)16-20-8-4-5-9-22(20)35-28(39)36-26-15-14-23(37-38-26)18-6-2-1-3-7-18/h1-15H,16-17,33H2,(H2,35,36,38,39). The molecule has 0 aliphatic rings. The topological polar surface area (TPSA) is 106 Å². The number of para-hydroxylation sites is 1. The predicted molar refractivity (Wildman–Crippen MR) is 150 cm³/mol. The van der Waals surface area contributed by atoms with E-state index in [9.17, 15) is 18.0 Å². The van der Waals surface area contributed by atoms with E-state index < -0.39 is 17.8 Å². The van der Waals surface area contributed by atoms with Crippen molar-refractivity contribution in [1.82, 2.24) is 15.2 Å². The van der Waals surface area contributed by atoms with E-state index in [1.807, 2.05) is 42.5 Å². The van der Waals surface area contributed by atoms with Gasteiger partial charge in [0.15, 0.2) is 5.82 Å². The molecule has 2 heterocycles. The van der Waals surface area contributed by atoms with Crippen molar-refractivity contribution in [2.24, 2.45) is 5.73 Å². The number of anilines is 2. The summed E-state index contributed by atoms with van der Waals surface area (Å²) in [6.07, 6.45) is -4.04. The van der Waals surface area contributed by atoms with Crippen LogP contribution in [0.5, 0.6) is 0 Å². The van der Waals surface area contributed by atoms with Crippen molar-refractivity contribution in [3.05, 3.63) is 113 Å². The summed E-state index contributed by atoms with van der Waals surface area (Å²) in [5, 5.41) is 14.4. The Balaban J connectivity index is 1.29. The second-order valence-corrected chi connectivity index (χ2v) is 9.83. The van der Waals surface area contributed by atoms with Gasteiger partial charge in [-0.3, -0.25) is 5.32 Å². The molecule has 0 bridgehead atoms. The minimum absolute atomic E-state index is 0.224. The molecular formula is C29H23F3N6OS. The first-order valence-electron chi connectivity index (χ1n) is 12.2. The van der Waals surface area contributed by atoms with E-state index in [1.165, 1.54) is 23.5 Å². The molecule has 0 aliphatic carbocycles. The summed E-state index contributed by atoms with van der Waals surface area (Å²) in [5.41, 5.74) is 9.47. The van der Waals surface area contributed by atoms with Crippen LogP contribution in [0.2, 0.25) is 0 Å². The normalized spacial score (nSPS) is 11.3. The molecule has 5 rings (SSSR count). The summed E-state index contributed by atoms with van der Waals surface area (Å²) >= 11 is 1.33. The maximum absolute atomic E-state index is 12.9.